The van der Waals surface area contributed by atoms with Gasteiger partial charge in [0, 0.05) is 4.90 Å². The second kappa shape index (κ2) is 9.23. The lowest BCUT2D eigenvalue weighted by Crippen LogP contribution is -2.31. The third-order valence-electron chi connectivity index (χ3n) is 2.61. The van der Waals surface area contributed by atoms with Gasteiger partial charge in [0.05, 0.1) is 11.6 Å². The summed E-state index contributed by atoms with van der Waals surface area (Å²) in [5, 5.41) is 9.60. The van der Waals surface area contributed by atoms with Crippen molar-refractivity contribution in [3.05, 3.63) is 29.3 Å². The predicted molar refractivity (Wildman–Crippen MR) is 81.2 cm³/mol. The van der Waals surface area contributed by atoms with E-state index >= 15 is 0 Å². The van der Waals surface area contributed by atoms with Crippen LogP contribution in [0.15, 0.2) is 29.2 Å². The summed E-state index contributed by atoms with van der Waals surface area (Å²) < 4.78 is 0. The number of aliphatic carboxylic acids is 1. The quantitative estimate of drug-likeness (QED) is 0.559. The monoisotopic (exact) mass is 301 g/mol. The van der Waals surface area contributed by atoms with Gasteiger partial charge in [-0.3, -0.25) is 9.69 Å². The second-order valence-corrected chi connectivity index (χ2v) is 5.85. The molecule has 0 heterocycles. The molecule has 0 fully saturated rings. The highest BCUT2D eigenvalue weighted by atomic mass is 35.5. The molecule has 1 rings (SSSR count). The first-order valence-electron chi connectivity index (χ1n) is 6.45. The molecule has 19 heavy (non-hydrogen) atoms. The van der Waals surface area contributed by atoms with Gasteiger partial charge in [0.25, 0.3) is 0 Å². The number of hydrogen-bond donors (Lipinski definition) is 1. The predicted octanol–water partition coefficient (Wildman–Crippen LogP) is 3.62. The zero-order valence-corrected chi connectivity index (χ0v) is 12.7. The standard InChI is InChI=1S/C14H20ClNO2S/c1-2-8-16(11-14(17)18)9-5-10-19-13-7-4-3-6-12(13)15/h3-4,6-7H,2,5,8-11H2,1H3,(H,17,18). The molecule has 3 nitrogen and oxygen atoms in total. The van der Waals surface area contributed by atoms with Crippen LogP contribution in [0.5, 0.6) is 0 Å². The van der Waals surface area contributed by atoms with Crippen molar-refractivity contribution >= 4 is 29.3 Å². The summed E-state index contributed by atoms with van der Waals surface area (Å²) in [7, 11) is 0. The van der Waals surface area contributed by atoms with E-state index in [-0.39, 0.29) is 6.54 Å². The van der Waals surface area contributed by atoms with E-state index in [1.807, 2.05) is 29.2 Å². The molecule has 0 bridgehead atoms. The third kappa shape index (κ3) is 6.85. The van der Waals surface area contributed by atoms with Crippen LogP contribution in [0.3, 0.4) is 0 Å². The summed E-state index contributed by atoms with van der Waals surface area (Å²) in [6, 6.07) is 7.79. The van der Waals surface area contributed by atoms with Crippen LogP contribution in [-0.4, -0.2) is 41.4 Å². The Balaban J connectivity index is 2.28. The van der Waals surface area contributed by atoms with E-state index < -0.39 is 5.97 Å². The second-order valence-electron chi connectivity index (χ2n) is 4.30. The number of hydrogen-bond acceptors (Lipinski definition) is 3. The fraction of sp³-hybridized carbons (Fsp3) is 0.500. The minimum absolute atomic E-state index is 0.130. The normalized spacial score (nSPS) is 10.9. The molecule has 0 atom stereocenters. The highest BCUT2D eigenvalue weighted by molar-refractivity contribution is 7.99. The molecule has 1 N–H and O–H groups in total. The molecular formula is C14H20ClNO2S. The third-order valence-corrected chi connectivity index (χ3v) is 4.21. The molecule has 0 radical (unpaired) electrons. The largest absolute Gasteiger partial charge is 0.480 e. The first-order chi connectivity index (χ1) is 9.13. The SMILES string of the molecule is CCCN(CCCSc1ccccc1Cl)CC(=O)O. The van der Waals surface area contributed by atoms with Gasteiger partial charge in [0.15, 0.2) is 0 Å². The van der Waals surface area contributed by atoms with Crippen LogP contribution in [0.2, 0.25) is 5.02 Å². The van der Waals surface area contributed by atoms with Gasteiger partial charge in [-0.15, -0.1) is 11.8 Å². The number of carboxylic acids is 1. The maximum Gasteiger partial charge on any atom is 0.317 e. The molecular weight excluding hydrogens is 282 g/mol. The van der Waals surface area contributed by atoms with Gasteiger partial charge < -0.3 is 5.11 Å². The van der Waals surface area contributed by atoms with Gasteiger partial charge in [-0.2, -0.15) is 0 Å². The maximum atomic E-state index is 10.7. The molecule has 0 aliphatic heterocycles. The number of carbonyl (C=O) groups is 1. The Morgan fingerprint density at radius 3 is 2.74 bits per heavy atom. The molecule has 106 valence electrons. The molecule has 0 aliphatic carbocycles. The molecule has 0 saturated heterocycles. The highest BCUT2D eigenvalue weighted by Gasteiger charge is 2.08. The lowest BCUT2D eigenvalue weighted by molar-refractivity contribution is -0.138. The topological polar surface area (TPSA) is 40.5 Å². The van der Waals surface area contributed by atoms with Crippen LogP contribution >= 0.6 is 23.4 Å². The van der Waals surface area contributed by atoms with Crippen molar-refractivity contribution in [2.24, 2.45) is 0 Å². The Morgan fingerprint density at radius 1 is 1.37 bits per heavy atom. The zero-order valence-electron chi connectivity index (χ0n) is 11.1. The molecule has 0 unspecified atom stereocenters. The van der Waals surface area contributed by atoms with Gasteiger partial charge in [-0.25, -0.2) is 0 Å². The van der Waals surface area contributed by atoms with Gasteiger partial charge in [-0.1, -0.05) is 30.7 Å². The summed E-state index contributed by atoms with van der Waals surface area (Å²) in [5.41, 5.74) is 0. The van der Waals surface area contributed by atoms with E-state index in [4.69, 9.17) is 16.7 Å². The van der Waals surface area contributed by atoms with Crippen LogP contribution in [0, 0.1) is 0 Å². The lowest BCUT2D eigenvalue weighted by Gasteiger charge is -2.19. The molecule has 0 spiro atoms. The molecule has 5 heteroatoms. The molecule has 0 aliphatic rings. The summed E-state index contributed by atoms with van der Waals surface area (Å²) >= 11 is 7.80. The fourth-order valence-corrected chi connectivity index (χ4v) is 2.98. The van der Waals surface area contributed by atoms with Gasteiger partial charge in [0.2, 0.25) is 0 Å². The Kier molecular flexibility index (Phi) is 7.94. The summed E-state index contributed by atoms with van der Waals surface area (Å²) in [4.78, 5) is 13.8. The molecule has 1 aromatic carbocycles. The Morgan fingerprint density at radius 2 is 2.11 bits per heavy atom. The number of benzene rings is 1. The van der Waals surface area contributed by atoms with E-state index in [0.717, 1.165) is 41.6 Å². The van der Waals surface area contributed by atoms with E-state index in [0.29, 0.717) is 0 Å². The van der Waals surface area contributed by atoms with Crippen molar-refractivity contribution < 1.29 is 9.90 Å². The van der Waals surface area contributed by atoms with Crippen LogP contribution in [0.4, 0.5) is 0 Å². The fourth-order valence-electron chi connectivity index (χ4n) is 1.81. The van der Waals surface area contributed by atoms with Crippen molar-refractivity contribution in [3.8, 4) is 0 Å². The Hall–Kier alpha value is -0.710. The molecule has 0 saturated carbocycles. The van der Waals surface area contributed by atoms with Crippen LogP contribution in [0.1, 0.15) is 19.8 Å². The number of nitrogens with zero attached hydrogens (tertiary/aromatic N) is 1. The number of rotatable bonds is 9. The van der Waals surface area contributed by atoms with Gasteiger partial charge in [-0.05, 0) is 43.8 Å². The van der Waals surface area contributed by atoms with Gasteiger partial charge >= 0.3 is 5.97 Å². The smallest absolute Gasteiger partial charge is 0.317 e. The average Bonchev–Trinajstić information content (AvgIpc) is 2.36. The van der Waals surface area contributed by atoms with E-state index in [9.17, 15) is 4.79 Å². The van der Waals surface area contributed by atoms with Crippen molar-refractivity contribution in [1.82, 2.24) is 4.90 Å². The minimum atomic E-state index is -0.757. The average molecular weight is 302 g/mol. The van der Waals surface area contributed by atoms with Crippen molar-refractivity contribution in [2.75, 3.05) is 25.4 Å². The highest BCUT2D eigenvalue weighted by Crippen LogP contribution is 2.26. The number of thioether (sulfide) groups is 1. The first kappa shape index (κ1) is 16.3. The molecule has 0 aromatic heterocycles. The van der Waals surface area contributed by atoms with Crippen LogP contribution < -0.4 is 0 Å². The van der Waals surface area contributed by atoms with Crippen molar-refractivity contribution in [3.63, 3.8) is 0 Å². The van der Waals surface area contributed by atoms with E-state index in [1.54, 1.807) is 11.8 Å². The maximum absolute atomic E-state index is 10.7. The van der Waals surface area contributed by atoms with Gasteiger partial charge in [0.1, 0.15) is 0 Å². The van der Waals surface area contributed by atoms with Crippen molar-refractivity contribution in [1.29, 1.82) is 0 Å². The lowest BCUT2D eigenvalue weighted by atomic mass is 10.3. The zero-order chi connectivity index (χ0) is 14.1. The molecule has 0 amide bonds. The van der Waals surface area contributed by atoms with Crippen LogP contribution in [0.25, 0.3) is 0 Å². The summed E-state index contributed by atoms with van der Waals surface area (Å²) in [6.07, 6.45) is 1.94. The first-order valence-corrected chi connectivity index (χ1v) is 7.81. The Bertz CT molecular complexity index is 401. The molecule has 1 aromatic rings. The Labute approximate surface area is 123 Å². The summed E-state index contributed by atoms with van der Waals surface area (Å²) in [6.45, 7) is 3.85. The number of halogens is 1. The van der Waals surface area contributed by atoms with Crippen molar-refractivity contribution in [2.45, 2.75) is 24.7 Å². The van der Waals surface area contributed by atoms with Crippen LogP contribution in [-0.2, 0) is 4.79 Å². The summed E-state index contributed by atoms with van der Waals surface area (Å²) in [5.74, 6) is 0.191. The van der Waals surface area contributed by atoms with E-state index in [2.05, 4.69) is 6.92 Å². The van der Waals surface area contributed by atoms with E-state index in [1.165, 1.54) is 0 Å². The number of carboxylic acid groups (broad SMARTS) is 1. The minimum Gasteiger partial charge on any atom is -0.480 e.